The minimum atomic E-state index is -0.417. The lowest BCUT2D eigenvalue weighted by Gasteiger charge is -2.35. The predicted octanol–water partition coefficient (Wildman–Crippen LogP) is 1.89. The molecule has 116 valence electrons. The first-order valence-corrected chi connectivity index (χ1v) is 7.48. The average molecular weight is 310 g/mol. The number of hydrogen-bond donors (Lipinski definition) is 0. The van der Waals surface area contributed by atoms with Crippen molar-refractivity contribution >= 4 is 22.7 Å². The second kappa shape index (κ2) is 5.75. The zero-order valence-corrected chi connectivity index (χ0v) is 12.4. The highest BCUT2D eigenvalue weighted by Gasteiger charge is 2.21. The van der Waals surface area contributed by atoms with Gasteiger partial charge in [-0.1, -0.05) is 12.1 Å². The molecule has 1 aliphatic heterocycles. The molecule has 3 heterocycles. The number of rotatable bonds is 2. The summed E-state index contributed by atoms with van der Waals surface area (Å²) in [5, 5.41) is 1.06. The molecule has 7 heteroatoms. The smallest absolute Gasteiger partial charge is 0.225 e. The second-order valence-corrected chi connectivity index (χ2v) is 5.39. The molecule has 0 amide bonds. The van der Waals surface area contributed by atoms with Crippen LogP contribution in [0.1, 0.15) is 0 Å². The van der Waals surface area contributed by atoms with E-state index in [-0.39, 0.29) is 0 Å². The van der Waals surface area contributed by atoms with Crippen LogP contribution in [0.3, 0.4) is 0 Å². The molecule has 4 rings (SSSR count). The quantitative estimate of drug-likeness (QED) is 0.720. The van der Waals surface area contributed by atoms with E-state index in [1.165, 1.54) is 12.4 Å². The number of halogens is 1. The van der Waals surface area contributed by atoms with Crippen molar-refractivity contribution < 1.29 is 4.39 Å². The molecule has 6 nitrogen and oxygen atoms in total. The van der Waals surface area contributed by atoms with E-state index in [1.807, 2.05) is 24.3 Å². The summed E-state index contributed by atoms with van der Waals surface area (Å²) < 4.78 is 12.9. The monoisotopic (exact) mass is 310 g/mol. The van der Waals surface area contributed by atoms with Crippen molar-refractivity contribution in [1.82, 2.24) is 19.9 Å². The highest BCUT2D eigenvalue weighted by Crippen LogP contribution is 2.24. The highest BCUT2D eigenvalue weighted by atomic mass is 19.1. The van der Waals surface area contributed by atoms with E-state index in [0.29, 0.717) is 5.95 Å². The molecule has 0 unspecified atom stereocenters. The third-order valence-electron chi connectivity index (χ3n) is 3.99. The normalized spacial score (nSPS) is 15.2. The van der Waals surface area contributed by atoms with Crippen LogP contribution in [0.2, 0.25) is 0 Å². The maximum absolute atomic E-state index is 12.9. The summed E-state index contributed by atoms with van der Waals surface area (Å²) in [7, 11) is 0. The maximum atomic E-state index is 12.9. The van der Waals surface area contributed by atoms with Gasteiger partial charge in [-0.05, 0) is 12.1 Å². The van der Waals surface area contributed by atoms with Gasteiger partial charge >= 0.3 is 0 Å². The van der Waals surface area contributed by atoms with Gasteiger partial charge in [0.05, 0.1) is 17.9 Å². The Morgan fingerprint density at radius 3 is 2.30 bits per heavy atom. The van der Waals surface area contributed by atoms with Gasteiger partial charge in [0.1, 0.15) is 12.1 Å². The minimum Gasteiger partial charge on any atom is -0.352 e. The first-order valence-electron chi connectivity index (χ1n) is 7.48. The van der Waals surface area contributed by atoms with Crippen LogP contribution in [0.15, 0.2) is 43.0 Å². The Labute approximate surface area is 132 Å². The van der Waals surface area contributed by atoms with Gasteiger partial charge in [-0.2, -0.15) is 0 Å². The molecule has 1 aliphatic rings. The Bertz CT molecular complexity index is 809. The average Bonchev–Trinajstić information content (AvgIpc) is 2.62. The number of anilines is 2. The molecule has 2 aromatic heterocycles. The third kappa shape index (κ3) is 2.65. The number of benzene rings is 1. The van der Waals surface area contributed by atoms with Crippen LogP contribution in [0.25, 0.3) is 10.9 Å². The fourth-order valence-electron chi connectivity index (χ4n) is 2.83. The number of fused-ring (bicyclic) bond motifs is 1. The molecule has 1 fully saturated rings. The number of aromatic nitrogens is 4. The largest absolute Gasteiger partial charge is 0.352 e. The molecular formula is C16H15FN6. The Kier molecular flexibility index (Phi) is 3.45. The van der Waals surface area contributed by atoms with E-state index < -0.39 is 5.82 Å². The molecule has 3 aromatic rings. The molecule has 0 aliphatic carbocycles. The van der Waals surface area contributed by atoms with Crippen LogP contribution < -0.4 is 9.80 Å². The van der Waals surface area contributed by atoms with Crippen molar-refractivity contribution in [1.29, 1.82) is 0 Å². The van der Waals surface area contributed by atoms with Gasteiger partial charge < -0.3 is 9.80 Å². The van der Waals surface area contributed by atoms with Crippen LogP contribution in [0.5, 0.6) is 0 Å². The molecule has 0 spiro atoms. The number of nitrogens with zero attached hydrogens (tertiary/aromatic N) is 6. The highest BCUT2D eigenvalue weighted by molar-refractivity contribution is 5.89. The fraction of sp³-hybridized carbons (Fsp3) is 0.250. The van der Waals surface area contributed by atoms with E-state index in [0.717, 1.165) is 42.9 Å². The number of para-hydroxylation sites is 1. The van der Waals surface area contributed by atoms with Crippen molar-refractivity contribution in [2.45, 2.75) is 0 Å². The summed E-state index contributed by atoms with van der Waals surface area (Å²) in [5.74, 6) is 1.11. The molecule has 0 atom stereocenters. The zero-order valence-electron chi connectivity index (χ0n) is 12.4. The standard InChI is InChI=1S/C16H15FN6/c17-12-9-18-16(19-10-12)23-7-5-22(6-8-23)15-13-3-1-2-4-14(13)20-11-21-15/h1-4,9-11H,5-8H2. The van der Waals surface area contributed by atoms with Gasteiger partial charge in [-0.25, -0.2) is 24.3 Å². The summed E-state index contributed by atoms with van der Waals surface area (Å²) in [6, 6.07) is 8.00. The Hall–Kier alpha value is -2.83. The van der Waals surface area contributed by atoms with Crippen molar-refractivity contribution in [3.05, 3.63) is 48.8 Å². The van der Waals surface area contributed by atoms with E-state index in [4.69, 9.17) is 0 Å². The lowest BCUT2D eigenvalue weighted by Crippen LogP contribution is -2.47. The molecule has 0 N–H and O–H groups in total. The van der Waals surface area contributed by atoms with E-state index in [2.05, 4.69) is 29.7 Å². The molecule has 1 saturated heterocycles. The molecular weight excluding hydrogens is 295 g/mol. The van der Waals surface area contributed by atoms with Gasteiger partial charge in [0.15, 0.2) is 5.82 Å². The summed E-state index contributed by atoms with van der Waals surface area (Å²) in [4.78, 5) is 21.1. The number of piperazine rings is 1. The number of hydrogen-bond acceptors (Lipinski definition) is 6. The maximum Gasteiger partial charge on any atom is 0.225 e. The van der Waals surface area contributed by atoms with Gasteiger partial charge in [-0.15, -0.1) is 0 Å². The van der Waals surface area contributed by atoms with E-state index in [1.54, 1.807) is 6.33 Å². The van der Waals surface area contributed by atoms with Gasteiger partial charge in [0.25, 0.3) is 0 Å². The summed E-state index contributed by atoms with van der Waals surface area (Å²) in [5.41, 5.74) is 0.946. The fourth-order valence-corrected chi connectivity index (χ4v) is 2.83. The zero-order chi connectivity index (χ0) is 15.6. The van der Waals surface area contributed by atoms with Gasteiger partial charge in [-0.3, -0.25) is 0 Å². The van der Waals surface area contributed by atoms with Crippen LogP contribution in [-0.4, -0.2) is 46.1 Å². The van der Waals surface area contributed by atoms with E-state index >= 15 is 0 Å². The molecule has 0 bridgehead atoms. The third-order valence-corrected chi connectivity index (χ3v) is 3.99. The molecule has 23 heavy (non-hydrogen) atoms. The van der Waals surface area contributed by atoms with Crippen LogP contribution >= 0.6 is 0 Å². The second-order valence-electron chi connectivity index (χ2n) is 5.39. The Morgan fingerprint density at radius 2 is 1.52 bits per heavy atom. The minimum absolute atomic E-state index is 0.417. The van der Waals surface area contributed by atoms with Crippen molar-refractivity contribution in [3.63, 3.8) is 0 Å². The van der Waals surface area contributed by atoms with Gasteiger partial charge in [0, 0.05) is 31.6 Å². The first-order chi connectivity index (χ1) is 11.3. The van der Waals surface area contributed by atoms with Crippen LogP contribution in [0, 0.1) is 5.82 Å². The Balaban J connectivity index is 1.54. The van der Waals surface area contributed by atoms with Crippen molar-refractivity contribution in [3.8, 4) is 0 Å². The first kappa shape index (κ1) is 13.8. The molecule has 1 aromatic carbocycles. The van der Waals surface area contributed by atoms with Crippen LogP contribution in [-0.2, 0) is 0 Å². The summed E-state index contributed by atoms with van der Waals surface area (Å²) >= 11 is 0. The predicted molar refractivity (Wildman–Crippen MR) is 86.0 cm³/mol. The lowest BCUT2D eigenvalue weighted by molar-refractivity contribution is 0.602. The topological polar surface area (TPSA) is 58.0 Å². The lowest BCUT2D eigenvalue weighted by atomic mass is 10.2. The van der Waals surface area contributed by atoms with E-state index in [9.17, 15) is 4.39 Å². The molecule has 0 radical (unpaired) electrons. The van der Waals surface area contributed by atoms with Gasteiger partial charge in [0.2, 0.25) is 5.95 Å². The summed E-state index contributed by atoms with van der Waals surface area (Å²) in [6.07, 6.45) is 4.01. The SMILES string of the molecule is Fc1cnc(N2CCN(c3ncnc4ccccc34)CC2)nc1. The summed E-state index contributed by atoms with van der Waals surface area (Å²) in [6.45, 7) is 3.15. The molecule has 0 saturated carbocycles. The Morgan fingerprint density at radius 1 is 0.826 bits per heavy atom. The van der Waals surface area contributed by atoms with Crippen molar-refractivity contribution in [2.24, 2.45) is 0 Å². The van der Waals surface area contributed by atoms with Crippen molar-refractivity contribution in [2.75, 3.05) is 36.0 Å². The van der Waals surface area contributed by atoms with Crippen LogP contribution in [0.4, 0.5) is 16.2 Å².